The molecule has 122 valence electrons. The number of aryl methyl sites for hydroxylation is 1. The first kappa shape index (κ1) is 14.9. The Morgan fingerprint density at radius 2 is 2.00 bits per heavy atom. The van der Waals surface area contributed by atoms with Crippen molar-refractivity contribution in [1.82, 2.24) is 9.38 Å². The van der Waals surface area contributed by atoms with E-state index in [1.807, 2.05) is 66.6 Å². The Bertz CT molecular complexity index is 869. The van der Waals surface area contributed by atoms with Crippen molar-refractivity contribution in [1.29, 1.82) is 0 Å². The summed E-state index contributed by atoms with van der Waals surface area (Å²) < 4.78 is 2.13. The fourth-order valence-corrected chi connectivity index (χ4v) is 3.66. The Balaban J connectivity index is 1.63. The zero-order chi connectivity index (χ0) is 16.5. The Kier molecular flexibility index (Phi) is 3.81. The highest BCUT2D eigenvalue weighted by Gasteiger charge is 2.30. The molecule has 0 N–H and O–H groups in total. The molecule has 0 saturated carbocycles. The molecule has 0 fully saturated rings. The number of fused-ring (bicyclic) bond motifs is 3. The summed E-state index contributed by atoms with van der Waals surface area (Å²) in [5.74, 6) is 0.248. The molecule has 0 bridgehead atoms. The van der Waals surface area contributed by atoms with E-state index in [1.54, 1.807) is 0 Å². The second-order valence-electron chi connectivity index (χ2n) is 6.29. The van der Waals surface area contributed by atoms with Crippen LogP contribution in [-0.2, 0) is 17.6 Å². The van der Waals surface area contributed by atoms with Gasteiger partial charge in [-0.3, -0.25) is 4.79 Å². The summed E-state index contributed by atoms with van der Waals surface area (Å²) in [6.07, 6.45) is 4.56. The lowest BCUT2D eigenvalue weighted by molar-refractivity contribution is -0.122. The van der Waals surface area contributed by atoms with Gasteiger partial charge in [0.15, 0.2) is 0 Å². The monoisotopic (exact) mass is 319 g/mol. The highest BCUT2D eigenvalue weighted by Crippen LogP contribution is 2.29. The first-order valence-corrected chi connectivity index (χ1v) is 8.59. The summed E-state index contributed by atoms with van der Waals surface area (Å²) in [4.78, 5) is 19.7. The van der Waals surface area contributed by atoms with Crippen molar-refractivity contribution in [2.75, 3.05) is 11.4 Å². The fourth-order valence-electron chi connectivity index (χ4n) is 3.66. The molecule has 1 atom stereocenters. The van der Waals surface area contributed by atoms with Gasteiger partial charge >= 0.3 is 0 Å². The molecule has 1 aliphatic rings. The molecule has 24 heavy (non-hydrogen) atoms. The number of amides is 1. The average molecular weight is 319 g/mol. The van der Waals surface area contributed by atoms with E-state index in [9.17, 15) is 4.79 Å². The quantitative estimate of drug-likeness (QED) is 0.741. The number of aromatic nitrogens is 2. The van der Waals surface area contributed by atoms with Crippen LogP contribution in [0.5, 0.6) is 0 Å². The summed E-state index contributed by atoms with van der Waals surface area (Å²) in [5.41, 5.74) is 4.30. The predicted molar refractivity (Wildman–Crippen MR) is 95.2 cm³/mol. The third kappa shape index (κ3) is 2.48. The second-order valence-corrected chi connectivity index (χ2v) is 6.29. The Morgan fingerprint density at radius 1 is 1.21 bits per heavy atom. The normalized spacial score (nSPS) is 16.8. The van der Waals surface area contributed by atoms with E-state index in [4.69, 9.17) is 4.98 Å². The summed E-state index contributed by atoms with van der Waals surface area (Å²) in [7, 11) is 0. The number of pyridine rings is 1. The van der Waals surface area contributed by atoms with E-state index in [2.05, 4.69) is 4.40 Å². The number of nitrogens with zero attached hydrogens (tertiary/aromatic N) is 3. The van der Waals surface area contributed by atoms with Crippen LogP contribution in [0.1, 0.15) is 24.7 Å². The molecule has 1 aromatic carbocycles. The molecule has 4 nitrogen and oxygen atoms in total. The van der Waals surface area contributed by atoms with Crippen LogP contribution < -0.4 is 4.90 Å². The van der Waals surface area contributed by atoms with Crippen molar-refractivity contribution < 1.29 is 4.79 Å². The van der Waals surface area contributed by atoms with E-state index >= 15 is 0 Å². The van der Waals surface area contributed by atoms with Crippen molar-refractivity contribution in [2.45, 2.75) is 26.2 Å². The molecular formula is C20H21N3O. The fraction of sp³-hybridized carbons (Fsp3) is 0.300. The Hall–Kier alpha value is -2.62. The van der Waals surface area contributed by atoms with Crippen LogP contribution in [0.3, 0.4) is 0 Å². The first-order valence-electron chi connectivity index (χ1n) is 8.59. The number of hydrogen-bond acceptors (Lipinski definition) is 2. The van der Waals surface area contributed by atoms with Crippen molar-refractivity contribution in [3.8, 4) is 0 Å². The zero-order valence-corrected chi connectivity index (χ0v) is 13.9. The molecule has 0 radical (unpaired) electrons. The second kappa shape index (κ2) is 6.11. The minimum atomic E-state index is 0.0257. The molecule has 1 aliphatic carbocycles. The number of para-hydroxylation sites is 1. The van der Waals surface area contributed by atoms with Gasteiger partial charge in [-0.15, -0.1) is 0 Å². The van der Waals surface area contributed by atoms with Crippen LogP contribution in [0.4, 0.5) is 5.69 Å². The molecule has 4 rings (SSSR count). The van der Waals surface area contributed by atoms with Crippen LogP contribution in [-0.4, -0.2) is 21.8 Å². The van der Waals surface area contributed by atoms with Crippen LogP contribution in [0.2, 0.25) is 0 Å². The third-order valence-corrected chi connectivity index (χ3v) is 4.88. The molecule has 4 heteroatoms. The van der Waals surface area contributed by atoms with E-state index in [1.165, 1.54) is 5.69 Å². The van der Waals surface area contributed by atoms with Crippen molar-refractivity contribution in [3.63, 3.8) is 0 Å². The van der Waals surface area contributed by atoms with Crippen molar-refractivity contribution in [2.24, 2.45) is 5.92 Å². The summed E-state index contributed by atoms with van der Waals surface area (Å²) >= 11 is 0. The van der Waals surface area contributed by atoms with Gasteiger partial charge in [0.1, 0.15) is 5.65 Å². The van der Waals surface area contributed by atoms with Gasteiger partial charge in [-0.1, -0.05) is 24.3 Å². The van der Waals surface area contributed by atoms with Gasteiger partial charge in [0.2, 0.25) is 5.91 Å². The highest BCUT2D eigenvalue weighted by atomic mass is 16.2. The van der Waals surface area contributed by atoms with E-state index in [0.29, 0.717) is 6.54 Å². The van der Waals surface area contributed by atoms with Gasteiger partial charge < -0.3 is 9.30 Å². The van der Waals surface area contributed by atoms with Gasteiger partial charge in [0.25, 0.3) is 0 Å². The number of benzene rings is 1. The zero-order valence-electron chi connectivity index (χ0n) is 13.9. The van der Waals surface area contributed by atoms with Gasteiger partial charge in [-0.25, -0.2) is 4.98 Å². The van der Waals surface area contributed by atoms with Gasteiger partial charge in [0, 0.05) is 36.5 Å². The molecule has 0 saturated heterocycles. The van der Waals surface area contributed by atoms with Crippen LogP contribution in [0, 0.1) is 5.92 Å². The van der Waals surface area contributed by atoms with E-state index in [0.717, 1.165) is 36.3 Å². The summed E-state index contributed by atoms with van der Waals surface area (Å²) in [5, 5.41) is 0. The summed E-state index contributed by atoms with van der Waals surface area (Å²) in [6.45, 7) is 2.73. The predicted octanol–water partition coefficient (Wildman–Crippen LogP) is 3.49. The lowest BCUT2D eigenvalue weighted by atomic mass is 9.88. The molecule has 3 aromatic rings. The van der Waals surface area contributed by atoms with E-state index in [-0.39, 0.29) is 11.8 Å². The number of carbonyl (C=O) groups excluding carboxylic acids is 1. The van der Waals surface area contributed by atoms with Crippen LogP contribution in [0.15, 0.2) is 54.7 Å². The molecule has 1 unspecified atom stereocenters. The molecule has 2 aromatic heterocycles. The summed E-state index contributed by atoms with van der Waals surface area (Å²) in [6, 6.07) is 16.0. The number of hydrogen-bond donors (Lipinski definition) is 0. The molecular weight excluding hydrogens is 298 g/mol. The maximum atomic E-state index is 13.1. The Labute approximate surface area is 141 Å². The van der Waals surface area contributed by atoms with Gasteiger partial charge in [-0.05, 0) is 44.0 Å². The standard InChI is InChI=1S/C20H21N3O/c1-2-22(16-8-4-3-5-9-16)20(24)15-11-12-17-18(14-15)23-13-7-6-10-19(23)21-17/h3-10,13,15H,2,11-12,14H2,1H3. The van der Waals surface area contributed by atoms with Crippen molar-refractivity contribution in [3.05, 3.63) is 66.1 Å². The maximum absolute atomic E-state index is 13.1. The number of imidazole rings is 1. The van der Waals surface area contributed by atoms with Gasteiger partial charge in [-0.2, -0.15) is 0 Å². The minimum Gasteiger partial charge on any atom is -0.312 e. The number of carbonyl (C=O) groups is 1. The number of rotatable bonds is 3. The van der Waals surface area contributed by atoms with Crippen LogP contribution in [0.25, 0.3) is 5.65 Å². The maximum Gasteiger partial charge on any atom is 0.230 e. The molecule has 1 amide bonds. The average Bonchev–Trinajstić information content (AvgIpc) is 3.01. The lowest BCUT2D eigenvalue weighted by Crippen LogP contribution is -2.38. The van der Waals surface area contributed by atoms with Crippen LogP contribution >= 0.6 is 0 Å². The largest absolute Gasteiger partial charge is 0.312 e. The molecule has 0 aliphatic heterocycles. The first-order chi connectivity index (χ1) is 11.8. The smallest absolute Gasteiger partial charge is 0.230 e. The minimum absolute atomic E-state index is 0.0257. The molecule has 2 heterocycles. The van der Waals surface area contributed by atoms with E-state index < -0.39 is 0 Å². The number of anilines is 1. The lowest BCUT2D eigenvalue weighted by Gasteiger charge is -2.28. The third-order valence-electron chi connectivity index (χ3n) is 4.88. The highest BCUT2D eigenvalue weighted by molar-refractivity contribution is 5.95. The Morgan fingerprint density at radius 3 is 2.79 bits per heavy atom. The van der Waals surface area contributed by atoms with Gasteiger partial charge in [0.05, 0.1) is 5.69 Å². The SMILES string of the molecule is CCN(C(=O)C1CCc2nc3ccccn3c2C1)c1ccccc1. The molecule has 0 spiro atoms. The van der Waals surface area contributed by atoms with Crippen molar-refractivity contribution >= 4 is 17.2 Å². The topological polar surface area (TPSA) is 37.6 Å².